The Morgan fingerprint density at radius 2 is 2.07 bits per heavy atom. The number of nitrogens with one attached hydrogen (secondary N) is 1. The van der Waals surface area contributed by atoms with E-state index in [1.807, 2.05) is 0 Å². The van der Waals surface area contributed by atoms with E-state index in [0.29, 0.717) is 35.4 Å². The van der Waals surface area contributed by atoms with Crippen LogP contribution in [0, 0.1) is 6.92 Å². The summed E-state index contributed by atoms with van der Waals surface area (Å²) in [5.74, 6) is 0.278. The van der Waals surface area contributed by atoms with Crippen molar-refractivity contribution in [1.29, 1.82) is 0 Å². The Balaban J connectivity index is 1.73. The molecule has 0 saturated carbocycles. The molecule has 3 aromatic rings. The number of amides is 1. The van der Waals surface area contributed by atoms with Crippen molar-refractivity contribution >= 4 is 34.0 Å². The van der Waals surface area contributed by atoms with Gasteiger partial charge in [0.2, 0.25) is 5.13 Å². The number of rotatable bonds is 5. The maximum atomic E-state index is 13.1. The molecule has 0 spiro atoms. The summed E-state index contributed by atoms with van der Waals surface area (Å²) in [6, 6.07) is 3.56. The first-order chi connectivity index (χ1) is 13.6. The van der Waals surface area contributed by atoms with Crippen LogP contribution in [0.25, 0.3) is 11.1 Å². The average Bonchev–Trinajstić information content (AvgIpc) is 3.07. The molecule has 1 aliphatic rings. The van der Waals surface area contributed by atoms with Crippen LogP contribution in [0.15, 0.2) is 24.5 Å². The highest BCUT2D eigenvalue weighted by Gasteiger charge is 2.27. The number of ether oxygens (including phenoxy) is 2. The Labute approximate surface area is 169 Å². The van der Waals surface area contributed by atoms with E-state index < -0.39 is 5.91 Å². The van der Waals surface area contributed by atoms with Gasteiger partial charge in [-0.2, -0.15) is 0 Å². The fourth-order valence-corrected chi connectivity index (χ4v) is 4.01. The van der Waals surface area contributed by atoms with Crippen LogP contribution >= 0.6 is 22.9 Å². The Bertz CT molecular complexity index is 1020. The SMILES string of the molecule is COc1c(C)nc(Cl)c(C(=O)Nc2nnc(C3COC3)s2)c1-c1ccncc1. The van der Waals surface area contributed by atoms with Crippen molar-refractivity contribution in [3.05, 3.63) is 45.9 Å². The molecule has 1 saturated heterocycles. The van der Waals surface area contributed by atoms with Gasteiger partial charge in [-0.3, -0.25) is 15.1 Å². The maximum absolute atomic E-state index is 13.1. The highest BCUT2D eigenvalue weighted by molar-refractivity contribution is 7.15. The van der Waals surface area contributed by atoms with Gasteiger partial charge >= 0.3 is 0 Å². The van der Waals surface area contributed by atoms with Crippen LogP contribution in [0.3, 0.4) is 0 Å². The predicted molar refractivity (Wildman–Crippen MR) is 105 cm³/mol. The fraction of sp³-hybridized carbons (Fsp3) is 0.278. The zero-order valence-electron chi connectivity index (χ0n) is 15.1. The largest absolute Gasteiger partial charge is 0.494 e. The number of aryl methyl sites for hydroxylation is 1. The van der Waals surface area contributed by atoms with Gasteiger partial charge in [-0.1, -0.05) is 22.9 Å². The highest BCUT2D eigenvalue weighted by Crippen LogP contribution is 2.39. The molecular formula is C18H16ClN5O3S. The first kappa shape index (κ1) is 18.7. The number of carbonyl (C=O) groups is 1. The normalized spacial score (nSPS) is 13.8. The fourth-order valence-electron chi connectivity index (χ4n) is 2.89. The van der Waals surface area contributed by atoms with Crippen molar-refractivity contribution in [2.75, 3.05) is 25.6 Å². The van der Waals surface area contributed by atoms with Gasteiger partial charge in [0, 0.05) is 18.0 Å². The lowest BCUT2D eigenvalue weighted by Crippen LogP contribution is -2.24. The van der Waals surface area contributed by atoms with Crippen molar-refractivity contribution in [2.45, 2.75) is 12.8 Å². The monoisotopic (exact) mass is 417 g/mol. The summed E-state index contributed by atoms with van der Waals surface area (Å²) in [7, 11) is 1.53. The molecule has 0 radical (unpaired) electrons. The van der Waals surface area contributed by atoms with Crippen LogP contribution in [0.2, 0.25) is 5.15 Å². The average molecular weight is 418 g/mol. The first-order valence-corrected chi connectivity index (χ1v) is 9.65. The molecule has 8 nitrogen and oxygen atoms in total. The van der Waals surface area contributed by atoms with Crippen molar-refractivity contribution in [1.82, 2.24) is 20.2 Å². The number of pyridine rings is 2. The van der Waals surface area contributed by atoms with Gasteiger partial charge in [0.25, 0.3) is 5.91 Å². The molecule has 144 valence electrons. The third-order valence-corrected chi connectivity index (χ3v) is 5.60. The van der Waals surface area contributed by atoms with Crippen molar-refractivity contribution in [3.63, 3.8) is 0 Å². The lowest BCUT2D eigenvalue weighted by Gasteiger charge is -2.22. The lowest BCUT2D eigenvalue weighted by molar-refractivity contribution is 0.00809. The molecule has 0 unspecified atom stereocenters. The Morgan fingerprint density at radius 1 is 1.32 bits per heavy atom. The summed E-state index contributed by atoms with van der Waals surface area (Å²) in [5.41, 5.74) is 2.09. The Morgan fingerprint density at radius 3 is 2.71 bits per heavy atom. The Hall–Kier alpha value is -2.62. The molecule has 0 bridgehead atoms. The highest BCUT2D eigenvalue weighted by atomic mass is 35.5. The number of carbonyl (C=O) groups excluding carboxylic acids is 1. The Kier molecular flexibility index (Phi) is 5.21. The number of hydrogen-bond acceptors (Lipinski definition) is 8. The molecule has 1 N–H and O–H groups in total. The van der Waals surface area contributed by atoms with Crippen LogP contribution in [0.4, 0.5) is 5.13 Å². The number of anilines is 1. The van der Waals surface area contributed by atoms with E-state index in [1.165, 1.54) is 18.4 Å². The number of aromatic nitrogens is 4. The minimum Gasteiger partial charge on any atom is -0.494 e. The van der Waals surface area contributed by atoms with Gasteiger partial charge in [-0.25, -0.2) is 4.98 Å². The van der Waals surface area contributed by atoms with Crippen LogP contribution in [0.5, 0.6) is 5.75 Å². The molecule has 0 aliphatic carbocycles. The standard InChI is InChI=1S/C18H16ClN5O3S/c1-9-14(26-2)12(10-3-5-20-6-4-10)13(15(19)21-9)16(25)22-18-24-23-17(28-18)11-7-27-8-11/h3-6,11H,7-8H2,1-2H3,(H,22,24,25). The van der Waals surface area contributed by atoms with Crippen molar-refractivity contribution < 1.29 is 14.3 Å². The topological polar surface area (TPSA) is 99.1 Å². The van der Waals surface area contributed by atoms with Gasteiger partial charge in [-0.15, -0.1) is 10.2 Å². The molecule has 3 aromatic heterocycles. The van der Waals surface area contributed by atoms with Gasteiger partial charge in [0.15, 0.2) is 0 Å². The summed E-state index contributed by atoms with van der Waals surface area (Å²) in [6.45, 7) is 3.02. The van der Waals surface area contributed by atoms with E-state index in [9.17, 15) is 4.79 Å². The van der Waals surface area contributed by atoms with E-state index >= 15 is 0 Å². The van der Waals surface area contributed by atoms with Crippen LogP contribution in [-0.4, -0.2) is 46.4 Å². The second-order valence-corrected chi connectivity index (χ2v) is 7.51. The molecule has 4 heterocycles. The van der Waals surface area contributed by atoms with E-state index in [-0.39, 0.29) is 16.6 Å². The summed E-state index contributed by atoms with van der Waals surface area (Å²) in [6.07, 6.45) is 3.27. The quantitative estimate of drug-likeness (QED) is 0.635. The third kappa shape index (κ3) is 3.44. The van der Waals surface area contributed by atoms with E-state index in [0.717, 1.165) is 10.6 Å². The van der Waals surface area contributed by atoms with Crippen LogP contribution in [0.1, 0.15) is 27.0 Å². The molecule has 0 atom stereocenters. The van der Waals surface area contributed by atoms with Crippen molar-refractivity contribution in [3.8, 4) is 16.9 Å². The number of nitrogens with zero attached hydrogens (tertiary/aromatic N) is 4. The smallest absolute Gasteiger partial charge is 0.261 e. The molecule has 1 aliphatic heterocycles. The minimum atomic E-state index is -0.435. The first-order valence-electron chi connectivity index (χ1n) is 8.45. The summed E-state index contributed by atoms with van der Waals surface area (Å²) >= 11 is 7.69. The zero-order valence-corrected chi connectivity index (χ0v) is 16.7. The molecule has 0 aromatic carbocycles. The molecule has 4 rings (SSSR count). The molecule has 1 amide bonds. The van der Waals surface area contributed by atoms with Crippen LogP contribution < -0.4 is 10.1 Å². The van der Waals surface area contributed by atoms with Crippen molar-refractivity contribution in [2.24, 2.45) is 0 Å². The second kappa shape index (κ2) is 7.78. The number of methoxy groups -OCH3 is 1. The van der Waals surface area contributed by atoms with E-state index in [2.05, 4.69) is 25.5 Å². The zero-order chi connectivity index (χ0) is 19.7. The lowest BCUT2D eigenvalue weighted by atomic mass is 9.99. The van der Waals surface area contributed by atoms with Gasteiger partial charge in [0.05, 0.1) is 37.5 Å². The summed E-state index contributed by atoms with van der Waals surface area (Å²) in [4.78, 5) is 21.4. The van der Waals surface area contributed by atoms with Gasteiger partial charge < -0.3 is 9.47 Å². The molecular weight excluding hydrogens is 402 g/mol. The van der Waals surface area contributed by atoms with Gasteiger partial charge in [-0.05, 0) is 24.6 Å². The second-order valence-electron chi connectivity index (χ2n) is 6.14. The van der Waals surface area contributed by atoms with Gasteiger partial charge in [0.1, 0.15) is 15.9 Å². The van der Waals surface area contributed by atoms with E-state index in [1.54, 1.807) is 31.5 Å². The number of halogens is 1. The maximum Gasteiger partial charge on any atom is 0.261 e. The van der Waals surface area contributed by atoms with Crippen LogP contribution in [-0.2, 0) is 4.74 Å². The minimum absolute atomic E-state index is 0.0831. The summed E-state index contributed by atoms with van der Waals surface area (Å²) in [5, 5.41) is 12.3. The summed E-state index contributed by atoms with van der Waals surface area (Å²) < 4.78 is 10.7. The van der Waals surface area contributed by atoms with E-state index in [4.69, 9.17) is 21.1 Å². The number of hydrogen-bond donors (Lipinski definition) is 1. The molecule has 1 fully saturated rings. The molecule has 10 heteroatoms. The third-order valence-electron chi connectivity index (χ3n) is 4.33. The molecule has 28 heavy (non-hydrogen) atoms. The predicted octanol–water partition coefficient (Wildman–Crippen LogP) is 3.33.